The molecule has 0 N–H and O–H groups in total. The fourth-order valence-electron chi connectivity index (χ4n) is 8.33. The molecule has 2 aromatic heterocycles. The average Bonchev–Trinajstić information content (AvgIpc) is 3.74. The molecule has 53 heavy (non-hydrogen) atoms. The van der Waals surface area contributed by atoms with Crippen molar-refractivity contribution in [3.63, 3.8) is 0 Å². The fourth-order valence-corrected chi connectivity index (χ4v) is 8.33. The standard InChI is InChI=1S/C51H38N2/c1-51(2,39-27-19-35(20-28-39)37-23-31-41(32-24-37)52-47-15-7-3-11-43(47)44-12-4-8-16-48(44)52)40-29-21-36(22-30-40)38-25-33-42(34-26-38)53-49-17-9-5-13-45(49)46-14-6-10-18-50(46)53/h3-34H,1-2H3. The molecule has 2 heteroatoms. The molecule has 0 atom stereocenters. The van der Waals surface area contributed by atoms with E-state index in [1.165, 1.54) is 88.4 Å². The number of rotatable bonds is 6. The number of benzene rings is 8. The van der Waals surface area contributed by atoms with Crippen LogP contribution < -0.4 is 0 Å². The van der Waals surface area contributed by atoms with E-state index < -0.39 is 0 Å². The Morgan fingerprint density at radius 3 is 0.811 bits per heavy atom. The normalized spacial score (nSPS) is 12.0. The highest BCUT2D eigenvalue weighted by atomic mass is 15.0. The van der Waals surface area contributed by atoms with Gasteiger partial charge in [0.1, 0.15) is 0 Å². The maximum absolute atomic E-state index is 2.37. The van der Waals surface area contributed by atoms with Crippen LogP contribution in [0.5, 0.6) is 0 Å². The van der Waals surface area contributed by atoms with E-state index in [2.05, 4.69) is 217 Å². The Bertz CT molecular complexity index is 2610. The van der Waals surface area contributed by atoms with Crippen molar-refractivity contribution in [2.45, 2.75) is 19.3 Å². The molecule has 0 radical (unpaired) electrons. The van der Waals surface area contributed by atoms with Crippen molar-refractivity contribution in [1.29, 1.82) is 0 Å². The molecular formula is C51H38N2. The zero-order valence-electron chi connectivity index (χ0n) is 29.9. The van der Waals surface area contributed by atoms with E-state index in [9.17, 15) is 0 Å². The van der Waals surface area contributed by atoms with Crippen LogP contribution in [0.25, 0.3) is 77.2 Å². The van der Waals surface area contributed by atoms with Crippen LogP contribution in [0.2, 0.25) is 0 Å². The lowest BCUT2D eigenvalue weighted by Gasteiger charge is -2.26. The minimum atomic E-state index is -0.141. The molecular weight excluding hydrogens is 641 g/mol. The van der Waals surface area contributed by atoms with Gasteiger partial charge in [-0.3, -0.25) is 0 Å². The molecule has 0 saturated heterocycles. The molecule has 8 aromatic carbocycles. The second-order valence-corrected chi connectivity index (χ2v) is 14.6. The molecule has 0 aliphatic rings. The van der Waals surface area contributed by atoms with E-state index in [1.54, 1.807) is 0 Å². The Hall–Kier alpha value is -6.64. The minimum absolute atomic E-state index is 0.141. The fraction of sp³-hybridized carbons (Fsp3) is 0.0588. The maximum Gasteiger partial charge on any atom is 0.0541 e. The summed E-state index contributed by atoms with van der Waals surface area (Å²) >= 11 is 0. The number of aromatic nitrogens is 2. The molecule has 2 heterocycles. The predicted molar refractivity (Wildman–Crippen MR) is 225 cm³/mol. The number of para-hydroxylation sites is 4. The second kappa shape index (κ2) is 12.3. The summed E-state index contributed by atoms with van der Waals surface area (Å²) in [5.74, 6) is 0. The summed E-state index contributed by atoms with van der Waals surface area (Å²) in [5, 5.41) is 5.13. The Morgan fingerprint density at radius 2 is 0.528 bits per heavy atom. The molecule has 0 aliphatic carbocycles. The summed E-state index contributed by atoms with van der Waals surface area (Å²) in [4.78, 5) is 0. The van der Waals surface area contributed by atoms with Gasteiger partial charge in [0.2, 0.25) is 0 Å². The third-order valence-electron chi connectivity index (χ3n) is 11.3. The number of nitrogens with zero attached hydrogens (tertiary/aromatic N) is 2. The van der Waals surface area contributed by atoms with E-state index >= 15 is 0 Å². The predicted octanol–water partition coefficient (Wildman–Crippen LogP) is 13.5. The zero-order valence-corrected chi connectivity index (χ0v) is 29.9. The van der Waals surface area contributed by atoms with Gasteiger partial charge in [-0.25, -0.2) is 0 Å². The van der Waals surface area contributed by atoms with Gasteiger partial charge in [-0.15, -0.1) is 0 Å². The van der Waals surface area contributed by atoms with Crippen LogP contribution in [0.3, 0.4) is 0 Å². The summed E-state index contributed by atoms with van der Waals surface area (Å²) in [6, 6.07) is 70.8. The molecule has 10 aromatic rings. The van der Waals surface area contributed by atoms with Gasteiger partial charge in [0.25, 0.3) is 0 Å². The summed E-state index contributed by atoms with van der Waals surface area (Å²) < 4.78 is 4.74. The van der Waals surface area contributed by atoms with Crippen molar-refractivity contribution in [2.24, 2.45) is 0 Å². The van der Waals surface area contributed by atoms with E-state index in [4.69, 9.17) is 0 Å². The first-order chi connectivity index (χ1) is 26.0. The van der Waals surface area contributed by atoms with Crippen molar-refractivity contribution >= 4 is 43.6 Å². The van der Waals surface area contributed by atoms with Crippen molar-refractivity contribution < 1.29 is 0 Å². The zero-order chi connectivity index (χ0) is 35.5. The van der Waals surface area contributed by atoms with Gasteiger partial charge in [-0.2, -0.15) is 0 Å². The van der Waals surface area contributed by atoms with Crippen LogP contribution in [0, 0.1) is 0 Å². The molecule has 0 fully saturated rings. The SMILES string of the molecule is CC(C)(c1ccc(-c2ccc(-n3c4ccccc4c4ccccc43)cc2)cc1)c1ccc(-c2ccc(-n3c4ccccc4c4ccccc43)cc2)cc1. The van der Waals surface area contributed by atoms with Crippen LogP contribution in [0.4, 0.5) is 0 Å². The van der Waals surface area contributed by atoms with Gasteiger partial charge in [0.05, 0.1) is 22.1 Å². The van der Waals surface area contributed by atoms with E-state index in [-0.39, 0.29) is 5.41 Å². The molecule has 0 aliphatic heterocycles. The van der Waals surface area contributed by atoms with Gasteiger partial charge in [-0.05, 0) is 81.9 Å². The third kappa shape index (κ3) is 5.10. The van der Waals surface area contributed by atoms with Crippen LogP contribution in [0.15, 0.2) is 194 Å². The van der Waals surface area contributed by atoms with Crippen molar-refractivity contribution in [1.82, 2.24) is 9.13 Å². The smallest absolute Gasteiger partial charge is 0.0541 e. The van der Waals surface area contributed by atoms with E-state index in [0.717, 1.165) is 0 Å². The second-order valence-electron chi connectivity index (χ2n) is 14.6. The summed E-state index contributed by atoms with van der Waals surface area (Å²) in [6.45, 7) is 4.64. The van der Waals surface area contributed by atoms with Crippen LogP contribution >= 0.6 is 0 Å². The first-order valence-electron chi connectivity index (χ1n) is 18.4. The number of fused-ring (bicyclic) bond motifs is 6. The minimum Gasteiger partial charge on any atom is -0.309 e. The summed E-state index contributed by atoms with van der Waals surface area (Å²) in [5.41, 5.74) is 14.6. The molecule has 2 nitrogen and oxygen atoms in total. The molecule has 252 valence electrons. The summed E-state index contributed by atoms with van der Waals surface area (Å²) in [6.07, 6.45) is 0. The Morgan fingerprint density at radius 1 is 0.283 bits per heavy atom. The Kier molecular flexibility index (Phi) is 7.19. The highest BCUT2D eigenvalue weighted by molar-refractivity contribution is 6.10. The Labute approximate surface area is 309 Å². The quantitative estimate of drug-likeness (QED) is 0.166. The lowest BCUT2D eigenvalue weighted by Crippen LogP contribution is -2.18. The molecule has 0 spiro atoms. The van der Waals surface area contributed by atoms with Gasteiger partial charge >= 0.3 is 0 Å². The highest BCUT2D eigenvalue weighted by Crippen LogP contribution is 2.37. The lowest BCUT2D eigenvalue weighted by molar-refractivity contribution is 0.641. The highest BCUT2D eigenvalue weighted by Gasteiger charge is 2.23. The topological polar surface area (TPSA) is 9.86 Å². The van der Waals surface area contributed by atoms with Crippen LogP contribution in [-0.4, -0.2) is 9.13 Å². The lowest BCUT2D eigenvalue weighted by atomic mass is 9.77. The van der Waals surface area contributed by atoms with Crippen molar-refractivity contribution in [3.8, 4) is 33.6 Å². The van der Waals surface area contributed by atoms with Gasteiger partial charge in [-0.1, -0.05) is 159 Å². The largest absolute Gasteiger partial charge is 0.309 e. The van der Waals surface area contributed by atoms with Gasteiger partial charge < -0.3 is 9.13 Å². The monoisotopic (exact) mass is 678 g/mol. The Balaban J connectivity index is 0.888. The average molecular weight is 679 g/mol. The van der Waals surface area contributed by atoms with Gasteiger partial charge in [0, 0.05) is 38.3 Å². The first kappa shape index (κ1) is 31.1. The molecule has 0 saturated carbocycles. The van der Waals surface area contributed by atoms with Crippen molar-refractivity contribution in [3.05, 3.63) is 205 Å². The number of hydrogen-bond donors (Lipinski definition) is 0. The van der Waals surface area contributed by atoms with Crippen LogP contribution in [-0.2, 0) is 5.41 Å². The third-order valence-corrected chi connectivity index (χ3v) is 11.3. The van der Waals surface area contributed by atoms with E-state index in [0.29, 0.717) is 0 Å². The van der Waals surface area contributed by atoms with Gasteiger partial charge in [0.15, 0.2) is 0 Å². The molecule has 0 bridgehead atoms. The number of hydrogen-bond acceptors (Lipinski definition) is 0. The molecule has 0 unspecified atom stereocenters. The maximum atomic E-state index is 2.37. The first-order valence-corrected chi connectivity index (χ1v) is 18.4. The summed E-state index contributed by atoms with van der Waals surface area (Å²) in [7, 11) is 0. The van der Waals surface area contributed by atoms with Crippen molar-refractivity contribution in [2.75, 3.05) is 0 Å². The molecule has 0 amide bonds. The van der Waals surface area contributed by atoms with E-state index in [1.807, 2.05) is 0 Å². The van der Waals surface area contributed by atoms with Crippen LogP contribution in [0.1, 0.15) is 25.0 Å². The molecule has 10 rings (SSSR count).